The second-order valence-corrected chi connectivity index (χ2v) is 3.48. The maximum Gasteiger partial charge on any atom is 0.337 e. The van der Waals surface area contributed by atoms with Crippen LogP contribution in [0.4, 0.5) is 0 Å². The number of rotatable bonds is 4. The van der Waals surface area contributed by atoms with Gasteiger partial charge >= 0.3 is 5.97 Å². The van der Waals surface area contributed by atoms with E-state index in [0.717, 1.165) is 18.4 Å². The number of carboxylic acid groups (broad SMARTS) is 1. The average Bonchev–Trinajstić information content (AvgIpc) is 2.26. The fourth-order valence-electron chi connectivity index (χ4n) is 1.63. The van der Waals surface area contributed by atoms with E-state index in [1.807, 2.05) is 13.0 Å². The zero-order valence-electron chi connectivity index (χ0n) is 9.03. The molecule has 1 aromatic carbocycles. The molecule has 0 saturated carbocycles. The first-order valence-corrected chi connectivity index (χ1v) is 5.12. The summed E-state index contributed by atoms with van der Waals surface area (Å²) in [5.74, 6) is -1.21. The van der Waals surface area contributed by atoms with Crippen molar-refractivity contribution in [2.24, 2.45) is 0 Å². The molecule has 0 heterocycles. The van der Waals surface area contributed by atoms with Gasteiger partial charge in [-0.25, -0.2) is 4.79 Å². The predicted octanol–water partition coefficient (Wildman–Crippen LogP) is 1.93. The number of aliphatic carboxylic acids is 1. The van der Waals surface area contributed by atoms with Gasteiger partial charge in [-0.15, -0.1) is 0 Å². The Morgan fingerprint density at radius 1 is 1.27 bits per heavy atom. The maximum absolute atomic E-state index is 10.6. The molecular weight excluding hydrogens is 192 g/mol. The second-order valence-electron chi connectivity index (χ2n) is 3.48. The highest BCUT2D eigenvalue weighted by molar-refractivity contribution is 5.74. The van der Waals surface area contributed by atoms with Gasteiger partial charge in [-0.1, -0.05) is 32.0 Å². The smallest absolute Gasteiger partial charge is 0.337 e. The third-order valence-corrected chi connectivity index (χ3v) is 2.54. The lowest BCUT2D eigenvalue weighted by molar-refractivity contribution is -0.146. The molecule has 0 aliphatic heterocycles. The van der Waals surface area contributed by atoms with Crippen LogP contribution >= 0.6 is 0 Å². The van der Waals surface area contributed by atoms with Gasteiger partial charge in [-0.2, -0.15) is 0 Å². The Bertz CT molecular complexity index is 358. The summed E-state index contributed by atoms with van der Waals surface area (Å²) in [5, 5.41) is 18.1. The predicted molar refractivity (Wildman–Crippen MR) is 57.8 cm³/mol. The van der Waals surface area contributed by atoms with Gasteiger partial charge in [0.2, 0.25) is 0 Å². The summed E-state index contributed by atoms with van der Waals surface area (Å²) in [6, 6.07) is 5.34. The van der Waals surface area contributed by atoms with Crippen LogP contribution in [0.1, 0.15) is 36.6 Å². The Labute approximate surface area is 89.4 Å². The molecule has 1 aromatic rings. The summed E-state index contributed by atoms with van der Waals surface area (Å²) >= 11 is 0. The third kappa shape index (κ3) is 2.57. The number of benzene rings is 1. The van der Waals surface area contributed by atoms with Crippen molar-refractivity contribution in [3.63, 3.8) is 0 Å². The van der Waals surface area contributed by atoms with Gasteiger partial charge in [0.05, 0.1) is 0 Å². The van der Waals surface area contributed by atoms with Crippen molar-refractivity contribution in [1.29, 1.82) is 0 Å². The van der Waals surface area contributed by atoms with Crippen molar-refractivity contribution >= 4 is 5.97 Å². The molecule has 0 spiro atoms. The molecule has 0 bridgehead atoms. The molecule has 0 aromatic heterocycles. The van der Waals surface area contributed by atoms with Gasteiger partial charge < -0.3 is 10.2 Å². The number of aliphatic hydroxyl groups is 1. The number of carboxylic acids is 1. The van der Waals surface area contributed by atoms with Crippen LogP contribution in [0.5, 0.6) is 0 Å². The Balaban J connectivity index is 3.07. The molecule has 1 atom stereocenters. The van der Waals surface area contributed by atoms with Gasteiger partial charge in [-0.05, 0) is 29.5 Å². The number of hydrogen-bond acceptors (Lipinski definition) is 2. The van der Waals surface area contributed by atoms with Crippen molar-refractivity contribution in [3.8, 4) is 0 Å². The summed E-state index contributed by atoms with van der Waals surface area (Å²) in [6.07, 6.45) is 0.358. The largest absolute Gasteiger partial charge is 0.479 e. The molecule has 0 unspecified atom stereocenters. The van der Waals surface area contributed by atoms with Gasteiger partial charge in [-0.3, -0.25) is 0 Å². The lowest BCUT2D eigenvalue weighted by Gasteiger charge is -2.10. The Morgan fingerprint density at radius 3 is 2.33 bits per heavy atom. The van der Waals surface area contributed by atoms with Crippen LogP contribution in [0, 0.1) is 0 Å². The van der Waals surface area contributed by atoms with E-state index in [0.29, 0.717) is 5.56 Å². The molecule has 1 rings (SSSR count). The summed E-state index contributed by atoms with van der Waals surface area (Å²) in [7, 11) is 0. The van der Waals surface area contributed by atoms with Crippen LogP contribution < -0.4 is 0 Å². The molecule has 0 fully saturated rings. The molecule has 0 aliphatic carbocycles. The van der Waals surface area contributed by atoms with E-state index in [-0.39, 0.29) is 0 Å². The standard InChI is InChI=1S/C12H16O3/c1-3-8-5-6-10(7-9(8)4-2)11(13)12(14)15/h5-7,11,13H,3-4H2,1-2H3,(H,14,15)/t11-/m1/s1. The monoisotopic (exact) mass is 208 g/mol. The van der Waals surface area contributed by atoms with Gasteiger partial charge in [0, 0.05) is 0 Å². The van der Waals surface area contributed by atoms with Gasteiger partial charge in [0.1, 0.15) is 0 Å². The van der Waals surface area contributed by atoms with Crippen LogP contribution in [0.3, 0.4) is 0 Å². The molecule has 3 nitrogen and oxygen atoms in total. The SMILES string of the molecule is CCc1ccc([C@@H](O)C(=O)O)cc1CC. The van der Waals surface area contributed by atoms with E-state index in [1.54, 1.807) is 12.1 Å². The molecule has 0 aliphatic rings. The lowest BCUT2D eigenvalue weighted by atomic mass is 9.98. The maximum atomic E-state index is 10.6. The lowest BCUT2D eigenvalue weighted by Crippen LogP contribution is -2.11. The molecule has 0 amide bonds. The van der Waals surface area contributed by atoms with Crippen molar-refractivity contribution in [1.82, 2.24) is 0 Å². The Morgan fingerprint density at radius 2 is 1.87 bits per heavy atom. The van der Waals surface area contributed by atoms with E-state index in [1.165, 1.54) is 5.56 Å². The minimum absolute atomic E-state index is 0.455. The summed E-state index contributed by atoms with van der Waals surface area (Å²) in [5.41, 5.74) is 2.77. The van der Waals surface area contributed by atoms with Gasteiger partial charge in [0.15, 0.2) is 6.10 Å². The molecule has 0 saturated heterocycles. The number of carbonyl (C=O) groups is 1. The number of hydrogen-bond donors (Lipinski definition) is 2. The fraction of sp³-hybridized carbons (Fsp3) is 0.417. The van der Waals surface area contributed by atoms with E-state index < -0.39 is 12.1 Å². The molecule has 2 N–H and O–H groups in total. The van der Waals surface area contributed by atoms with Crippen LogP contribution in [0.25, 0.3) is 0 Å². The summed E-state index contributed by atoms with van der Waals surface area (Å²) < 4.78 is 0. The van der Waals surface area contributed by atoms with Crippen LogP contribution in [-0.4, -0.2) is 16.2 Å². The van der Waals surface area contributed by atoms with Crippen LogP contribution in [0.2, 0.25) is 0 Å². The van der Waals surface area contributed by atoms with Crippen LogP contribution in [-0.2, 0) is 17.6 Å². The molecular formula is C12H16O3. The molecule has 82 valence electrons. The first-order chi connectivity index (χ1) is 7.10. The first-order valence-electron chi connectivity index (χ1n) is 5.12. The zero-order chi connectivity index (χ0) is 11.4. The molecule has 0 radical (unpaired) electrons. The van der Waals surface area contributed by atoms with Crippen molar-refractivity contribution in [2.75, 3.05) is 0 Å². The molecule has 3 heteroatoms. The fourth-order valence-corrected chi connectivity index (χ4v) is 1.63. The third-order valence-electron chi connectivity index (χ3n) is 2.54. The zero-order valence-corrected chi connectivity index (χ0v) is 9.03. The number of aryl methyl sites for hydroxylation is 2. The normalized spacial score (nSPS) is 12.5. The average molecular weight is 208 g/mol. The highest BCUT2D eigenvalue weighted by Gasteiger charge is 2.16. The minimum atomic E-state index is -1.42. The Hall–Kier alpha value is -1.35. The van der Waals surface area contributed by atoms with Crippen LogP contribution in [0.15, 0.2) is 18.2 Å². The van der Waals surface area contributed by atoms with Crippen molar-refractivity contribution < 1.29 is 15.0 Å². The van der Waals surface area contributed by atoms with Crippen molar-refractivity contribution in [3.05, 3.63) is 34.9 Å². The number of aliphatic hydroxyl groups excluding tert-OH is 1. The van der Waals surface area contributed by atoms with E-state index in [9.17, 15) is 9.90 Å². The van der Waals surface area contributed by atoms with Gasteiger partial charge in [0.25, 0.3) is 0 Å². The van der Waals surface area contributed by atoms with E-state index in [4.69, 9.17) is 5.11 Å². The quantitative estimate of drug-likeness (QED) is 0.794. The summed E-state index contributed by atoms with van der Waals surface area (Å²) in [6.45, 7) is 4.08. The minimum Gasteiger partial charge on any atom is -0.479 e. The summed E-state index contributed by atoms with van der Waals surface area (Å²) in [4.78, 5) is 10.6. The Kier molecular flexibility index (Phi) is 3.86. The highest BCUT2D eigenvalue weighted by Crippen LogP contribution is 2.19. The van der Waals surface area contributed by atoms with E-state index in [2.05, 4.69) is 6.92 Å². The van der Waals surface area contributed by atoms with Crippen molar-refractivity contribution in [2.45, 2.75) is 32.8 Å². The topological polar surface area (TPSA) is 57.5 Å². The van der Waals surface area contributed by atoms with E-state index >= 15 is 0 Å². The second kappa shape index (κ2) is 4.94. The molecule has 15 heavy (non-hydrogen) atoms. The highest BCUT2D eigenvalue weighted by atomic mass is 16.4. The first kappa shape index (κ1) is 11.7.